The van der Waals surface area contributed by atoms with E-state index in [0.29, 0.717) is 13.1 Å². The molecule has 1 saturated carbocycles. The van der Waals surface area contributed by atoms with Crippen molar-refractivity contribution in [2.75, 3.05) is 31.1 Å². The zero-order chi connectivity index (χ0) is 14.2. The first kappa shape index (κ1) is 13.3. The summed E-state index contributed by atoms with van der Waals surface area (Å²) in [5.41, 5.74) is 1.15. The molecule has 2 fully saturated rings. The van der Waals surface area contributed by atoms with Gasteiger partial charge in [0.05, 0.1) is 0 Å². The smallest absolute Gasteiger partial charge is 0.249 e. The molecule has 5 heteroatoms. The lowest BCUT2D eigenvalue weighted by Crippen LogP contribution is -2.53. The molecule has 108 valence electrons. The maximum Gasteiger partial charge on any atom is 0.249 e. The monoisotopic (exact) mass is 280 g/mol. The maximum absolute atomic E-state index is 12.8. The minimum atomic E-state index is -2.62. The lowest BCUT2D eigenvalue weighted by Gasteiger charge is -2.41. The van der Waals surface area contributed by atoms with Crippen LogP contribution in [0.1, 0.15) is 12.8 Å². The number of hydrogen-bond acceptors (Lipinski definition) is 2. The molecule has 1 aliphatic heterocycles. The summed E-state index contributed by atoms with van der Waals surface area (Å²) in [5, 5.41) is 0. The van der Waals surface area contributed by atoms with Crippen LogP contribution in [0.5, 0.6) is 0 Å². The lowest BCUT2D eigenvalue weighted by atomic mass is 9.80. The Kier molecular flexibility index (Phi) is 3.36. The third-order valence-corrected chi connectivity index (χ3v) is 4.15. The van der Waals surface area contributed by atoms with Crippen molar-refractivity contribution in [1.29, 1.82) is 0 Å². The largest absolute Gasteiger partial charge is 0.368 e. The second-order valence-electron chi connectivity index (χ2n) is 5.61. The average Bonchev–Trinajstić information content (AvgIpc) is 2.45. The topological polar surface area (TPSA) is 23.6 Å². The van der Waals surface area contributed by atoms with Gasteiger partial charge >= 0.3 is 0 Å². The number of nitrogens with zero attached hydrogens (tertiary/aromatic N) is 2. The number of alkyl halides is 2. The summed E-state index contributed by atoms with van der Waals surface area (Å²) in [6, 6.07) is 10.0. The van der Waals surface area contributed by atoms with Crippen LogP contribution in [-0.2, 0) is 4.79 Å². The molecule has 1 saturated heterocycles. The lowest BCUT2D eigenvalue weighted by molar-refractivity contribution is -0.160. The molecule has 0 N–H and O–H groups in total. The van der Waals surface area contributed by atoms with E-state index < -0.39 is 11.8 Å². The molecule has 0 radical (unpaired) electrons. The summed E-state index contributed by atoms with van der Waals surface area (Å²) in [4.78, 5) is 16.0. The standard InChI is InChI=1S/C15H18F2N2O/c16-15(17)10-12(11-15)14(20)19-8-6-18(7-9-19)13-4-2-1-3-5-13/h1-5,12H,6-11H2. The van der Waals surface area contributed by atoms with Crippen molar-refractivity contribution >= 4 is 11.6 Å². The van der Waals surface area contributed by atoms with Crippen molar-refractivity contribution in [3.8, 4) is 0 Å². The molecule has 1 amide bonds. The van der Waals surface area contributed by atoms with E-state index >= 15 is 0 Å². The maximum atomic E-state index is 12.8. The van der Waals surface area contributed by atoms with Crippen LogP contribution >= 0.6 is 0 Å². The zero-order valence-corrected chi connectivity index (χ0v) is 11.3. The van der Waals surface area contributed by atoms with Crippen LogP contribution in [0, 0.1) is 5.92 Å². The second kappa shape index (κ2) is 5.04. The third kappa shape index (κ3) is 2.62. The quantitative estimate of drug-likeness (QED) is 0.830. The van der Waals surface area contributed by atoms with Gasteiger partial charge in [-0.1, -0.05) is 18.2 Å². The fraction of sp³-hybridized carbons (Fsp3) is 0.533. The van der Waals surface area contributed by atoms with Crippen molar-refractivity contribution in [1.82, 2.24) is 4.90 Å². The van der Waals surface area contributed by atoms with Crippen LogP contribution in [0.15, 0.2) is 30.3 Å². The van der Waals surface area contributed by atoms with Gasteiger partial charge in [-0.3, -0.25) is 4.79 Å². The average molecular weight is 280 g/mol. The van der Waals surface area contributed by atoms with Crippen molar-refractivity contribution in [3.05, 3.63) is 30.3 Å². The Morgan fingerprint density at radius 2 is 1.65 bits per heavy atom. The molecule has 1 aromatic rings. The van der Waals surface area contributed by atoms with Gasteiger partial charge in [0.2, 0.25) is 11.8 Å². The first-order chi connectivity index (χ1) is 9.55. The summed E-state index contributed by atoms with van der Waals surface area (Å²) in [6.07, 6.45) is -0.546. The first-order valence-corrected chi connectivity index (χ1v) is 7.02. The number of carbonyl (C=O) groups is 1. The SMILES string of the molecule is O=C(C1CC(F)(F)C1)N1CCN(c2ccccc2)CC1. The van der Waals surface area contributed by atoms with Gasteiger partial charge in [-0.25, -0.2) is 8.78 Å². The number of amides is 1. The molecule has 1 heterocycles. The summed E-state index contributed by atoms with van der Waals surface area (Å²) < 4.78 is 25.6. The van der Waals surface area contributed by atoms with Crippen molar-refractivity contribution < 1.29 is 13.6 Å². The molecule has 3 rings (SSSR count). The Hall–Kier alpha value is -1.65. The van der Waals surface area contributed by atoms with E-state index in [4.69, 9.17) is 0 Å². The highest BCUT2D eigenvalue weighted by Gasteiger charge is 2.49. The van der Waals surface area contributed by atoms with Gasteiger partial charge in [0.1, 0.15) is 0 Å². The normalized spacial score (nSPS) is 22.5. The number of rotatable bonds is 2. The van der Waals surface area contributed by atoms with Crippen molar-refractivity contribution in [3.63, 3.8) is 0 Å². The van der Waals surface area contributed by atoms with Gasteiger partial charge in [-0.15, -0.1) is 0 Å². The van der Waals surface area contributed by atoms with E-state index in [9.17, 15) is 13.6 Å². The van der Waals surface area contributed by atoms with Gasteiger partial charge in [-0.05, 0) is 12.1 Å². The number of hydrogen-bond donors (Lipinski definition) is 0. The van der Waals surface area contributed by atoms with Crippen LogP contribution in [0.25, 0.3) is 0 Å². The highest BCUT2D eigenvalue weighted by Crippen LogP contribution is 2.43. The van der Waals surface area contributed by atoms with E-state index in [1.54, 1.807) is 4.90 Å². The van der Waals surface area contributed by atoms with E-state index in [0.717, 1.165) is 18.8 Å². The van der Waals surface area contributed by atoms with Gasteiger partial charge in [-0.2, -0.15) is 0 Å². The van der Waals surface area contributed by atoms with Gasteiger partial charge in [0.15, 0.2) is 0 Å². The molecule has 0 unspecified atom stereocenters. The highest BCUT2D eigenvalue weighted by atomic mass is 19.3. The Balaban J connectivity index is 1.53. The highest BCUT2D eigenvalue weighted by molar-refractivity contribution is 5.80. The molecule has 20 heavy (non-hydrogen) atoms. The Morgan fingerprint density at radius 1 is 1.05 bits per heavy atom. The molecular formula is C15H18F2N2O. The molecule has 0 spiro atoms. The number of anilines is 1. The second-order valence-corrected chi connectivity index (χ2v) is 5.61. The number of para-hydroxylation sites is 1. The van der Waals surface area contributed by atoms with E-state index in [-0.39, 0.29) is 18.7 Å². The minimum Gasteiger partial charge on any atom is -0.368 e. The Bertz CT molecular complexity index is 476. The molecule has 3 nitrogen and oxygen atoms in total. The number of carbonyl (C=O) groups excluding carboxylic acids is 1. The molecule has 0 bridgehead atoms. The fourth-order valence-corrected chi connectivity index (χ4v) is 2.92. The number of halogens is 2. The van der Waals surface area contributed by atoms with E-state index in [1.165, 1.54) is 0 Å². The first-order valence-electron chi connectivity index (χ1n) is 7.02. The van der Waals surface area contributed by atoms with E-state index in [1.807, 2.05) is 30.3 Å². The van der Waals surface area contributed by atoms with Crippen molar-refractivity contribution in [2.24, 2.45) is 5.92 Å². The Labute approximate surface area is 117 Å². The van der Waals surface area contributed by atoms with Crippen molar-refractivity contribution in [2.45, 2.75) is 18.8 Å². The Morgan fingerprint density at radius 3 is 2.20 bits per heavy atom. The van der Waals surface area contributed by atoms with Gasteiger partial charge in [0, 0.05) is 50.6 Å². The summed E-state index contributed by atoms with van der Waals surface area (Å²) in [5.74, 6) is -3.18. The van der Waals surface area contributed by atoms with Gasteiger partial charge in [0.25, 0.3) is 0 Å². The molecule has 0 atom stereocenters. The molecule has 1 aliphatic carbocycles. The zero-order valence-electron chi connectivity index (χ0n) is 11.3. The number of piperazine rings is 1. The predicted molar refractivity (Wildman–Crippen MR) is 72.9 cm³/mol. The fourth-order valence-electron chi connectivity index (χ4n) is 2.92. The summed E-state index contributed by atoms with van der Waals surface area (Å²) in [7, 11) is 0. The molecular weight excluding hydrogens is 262 g/mol. The molecule has 1 aromatic carbocycles. The summed E-state index contributed by atoms with van der Waals surface area (Å²) in [6.45, 7) is 2.77. The summed E-state index contributed by atoms with van der Waals surface area (Å²) >= 11 is 0. The van der Waals surface area contributed by atoms with Crippen LogP contribution in [0.4, 0.5) is 14.5 Å². The molecule has 2 aliphatic rings. The van der Waals surface area contributed by atoms with Crippen LogP contribution in [0.3, 0.4) is 0 Å². The van der Waals surface area contributed by atoms with E-state index in [2.05, 4.69) is 4.90 Å². The third-order valence-electron chi connectivity index (χ3n) is 4.15. The number of benzene rings is 1. The van der Waals surface area contributed by atoms with Crippen LogP contribution in [-0.4, -0.2) is 42.9 Å². The predicted octanol–water partition coefficient (Wildman–Crippen LogP) is 2.38. The minimum absolute atomic E-state index is 0.0939. The van der Waals surface area contributed by atoms with Gasteiger partial charge < -0.3 is 9.80 Å². The van der Waals surface area contributed by atoms with Crippen LogP contribution < -0.4 is 4.90 Å². The molecule has 0 aromatic heterocycles. The van der Waals surface area contributed by atoms with Crippen LogP contribution in [0.2, 0.25) is 0 Å².